The van der Waals surface area contributed by atoms with Crippen LogP contribution in [-0.4, -0.2) is 28.9 Å². The monoisotopic (exact) mass is 191 g/mol. The van der Waals surface area contributed by atoms with Crippen LogP contribution in [0.5, 0.6) is 0 Å². The van der Waals surface area contributed by atoms with Gasteiger partial charge in [-0.25, -0.2) is 4.79 Å². The van der Waals surface area contributed by atoms with Crippen LogP contribution in [-0.2, 0) is 4.79 Å². The third-order valence-corrected chi connectivity index (χ3v) is 2.03. The molecule has 1 saturated heterocycles. The van der Waals surface area contributed by atoms with Crippen molar-refractivity contribution in [2.24, 2.45) is 0 Å². The van der Waals surface area contributed by atoms with Gasteiger partial charge in [0.25, 0.3) is 5.91 Å². The highest BCUT2D eigenvalue weighted by atomic mass is 16.2. The molecule has 0 spiro atoms. The first-order valence-electron chi connectivity index (χ1n) is 4.12. The van der Waals surface area contributed by atoms with Crippen molar-refractivity contribution in [1.82, 2.24) is 15.2 Å². The maximum Gasteiger partial charge on any atom is 0.328 e. The molecular formula is C9H9N3O2. The second-order valence-corrected chi connectivity index (χ2v) is 2.97. The van der Waals surface area contributed by atoms with Crippen LogP contribution in [0.3, 0.4) is 0 Å². The molecule has 0 bridgehead atoms. The van der Waals surface area contributed by atoms with Gasteiger partial charge in [-0.1, -0.05) is 0 Å². The number of nitrogens with zero attached hydrogens (tertiary/aromatic N) is 1. The number of imide groups is 1. The van der Waals surface area contributed by atoms with Crippen molar-refractivity contribution in [3.05, 3.63) is 29.7 Å². The molecule has 2 N–H and O–H groups in total. The van der Waals surface area contributed by atoms with Gasteiger partial charge in [-0.05, 0) is 18.2 Å². The molecule has 1 fully saturated rings. The van der Waals surface area contributed by atoms with E-state index < -0.39 is 6.03 Å². The minimum atomic E-state index is -0.396. The van der Waals surface area contributed by atoms with E-state index in [4.69, 9.17) is 0 Å². The molecule has 0 aromatic carbocycles. The number of rotatable bonds is 1. The first kappa shape index (κ1) is 8.55. The summed E-state index contributed by atoms with van der Waals surface area (Å²) in [4.78, 5) is 26.5. The van der Waals surface area contributed by atoms with Crippen molar-refractivity contribution in [2.75, 3.05) is 7.05 Å². The second-order valence-electron chi connectivity index (χ2n) is 2.97. The minimum Gasteiger partial charge on any atom is -0.362 e. The van der Waals surface area contributed by atoms with Gasteiger partial charge in [0, 0.05) is 18.9 Å². The lowest BCUT2D eigenvalue weighted by Gasteiger charge is -2.05. The Morgan fingerprint density at radius 1 is 1.43 bits per heavy atom. The van der Waals surface area contributed by atoms with E-state index in [0.29, 0.717) is 5.70 Å². The molecule has 1 aromatic rings. The molecule has 0 atom stereocenters. The molecule has 5 heteroatoms. The standard InChI is InChI=1S/C9H9N3O2/c1-12-7(8(13)11-9(12)14)5-6-3-2-4-10-6/h2-5,10H,1H3,(H,11,13,14). The number of urea groups is 1. The fourth-order valence-corrected chi connectivity index (χ4v) is 1.25. The van der Waals surface area contributed by atoms with Gasteiger partial charge in [-0.15, -0.1) is 0 Å². The molecule has 3 amide bonds. The summed E-state index contributed by atoms with van der Waals surface area (Å²) in [6, 6.07) is 3.24. The predicted octanol–water partition coefficient (Wildman–Crippen LogP) is 0.537. The smallest absolute Gasteiger partial charge is 0.328 e. The average Bonchev–Trinajstić information content (AvgIpc) is 2.71. The van der Waals surface area contributed by atoms with Gasteiger partial charge >= 0.3 is 6.03 Å². The molecule has 14 heavy (non-hydrogen) atoms. The highest BCUT2D eigenvalue weighted by molar-refractivity contribution is 6.13. The zero-order chi connectivity index (χ0) is 10.1. The Balaban J connectivity index is 2.34. The quantitative estimate of drug-likeness (QED) is 0.502. The molecule has 0 unspecified atom stereocenters. The number of nitrogens with one attached hydrogen (secondary N) is 2. The van der Waals surface area contributed by atoms with Crippen LogP contribution in [0.15, 0.2) is 24.0 Å². The summed E-state index contributed by atoms with van der Waals surface area (Å²) in [7, 11) is 1.55. The zero-order valence-corrected chi connectivity index (χ0v) is 7.57. The van der Waals surface area contributed by atoms with Gasteiger partial charge in [-0.2, -0.15) is 0 Å². The molecule has 2 rings (SSSR count). The summed E-state index contributed by atoms with van der Waals surface area (Å²) < 4.78 is 0. The Hall–Kier alpha value is -2.04. The van der Waals surface area contributed by atoms with E-state index in [9.17, 15) is 9.59 Å². The molecule has 0 radical (unpaired) electrons. The summed E-state index contributed by atoms with van der Waals surface area (Å²) in [5.41, 5.74) is 1.13. The number of H-pyrrole nitrogens is 1. The van der Waals surface area contributed by atoms with E-state index in [2.05, 4.69) is 10.3 Å². The average molecular weight is 191 g/mol. The molecule has 2 heterocycles. The van der Waals surface area contributed by atoms with E-state index >= 15 is 0 Å². The lowest BCUT2D eigenvalue weighted by molar-refractivity contribution is -0.115. The first-order chi connectivity index (χ1) is 6.68. The number of hydrogen-bond donors (Lipinski definition) is 2. The number of aromatic amines is 1. The number of amides is 3. The van der Waals surface area contributed by atoms with E-state index in [1.54, 1.807) is 19.3 Å². The summed E-state index contributed by atoms with van der Waals surface area (Å²) in [5, 5.41) is 2.19. The Labute approximate surface area is 80.4 Å². The molecule has 1 aromatic heterocycles. The number of likely N-dealkylation sites (N-methyl/N-ethyl adjacent to an activating group) is 1. The van der Waals surface area contributed by atoms with E-state index in [1.807, 2.05) is 12.1 Å². The Bertz CT molecular complexity index is 406. The van der Waals surface area contributed by atoms with E-state index in [0.717, 1.165) is 5.69 Å². The van der Waals surface area contributed by atoms with Crippen molar-refractivity contribution < 1.29 is 9.59 Å². The van der Waals surface area contributed by atoms with Gasteiger partial charge in [0.2, 0.25) is 0 Å². The van der Waals surface area contributed by atoms with Crippen LogP contribution >= 0.6 is 0 Å². The first-order valence-corrected chi connectivity index (χ1v) is 4.12. The van der Waals surface area contributed by atoms with Crippen molar-refractivity contribution in [3.8, 4) is 0 Å². The van der Waals surface area contributed by atoms with E-state index in [1.165, 1.54) is 4.90 Å². The second kappa shape index (κ2) is 3.02. The van der Waals surface area contributed by atoms with Crippen molar-refractivity contribution in [1.29, 1.82) is 0 Å². The molecular weight excluding hydrogens is 182 g/mol. The number of hydrogen-bond acceptors (Lipinski definition) is 2. The lowest BCUT2D eigenvalue weighted by atomic mass is 10.3. The lowest BCUT2D eigenvalue weighted by Crippen LogP contribution is -2.24. The Morgan fingerprint density at radius 3 is 2.71 bits per heavy atom. The summed E-state index contributed by atoms with van der Waals surface area (Å²) >= 11 is 0. The summed E-state index contributed by atoms with van der Waals surface area (Å²) in [6.07, 6.45) is 3.38. The van der Waals surface area contributed by atoms with Crippen molar-refractivity contribution >= 4 is 18.0 Å². The molecule has 0 aliphatic carbocycles. The van der Waals surface area contributed by atoms with Gasteiger partial charge in [0.05, 0.1) is 0 Å². The highest BCUT2D eigenvalue weighted by Crippen LogP contribution is 2.13. The van der Waals surface area contributed by atoms with Crippen molar-refractivity contribution in [3.63, 3.8) is 0 Å². The highest BCUT2D eigenvalue weighted by Gasteiger charge is 2.29. The predicted molar refractivity (Wildman–Crippen MR) is 50.1 cm³/mol. The summed E-state index contributed by atoms with van der Waals surface area (Å²) in [6.45, 7) is 0. The van der Waals surface area contributed by atoms with Gasteiger partial charge in [-0.3, -0.25) is 15.0 Å². The van der Waals surface area contributed by atoms with Gasteiger partial charge < -0.3 is 4.98 Å². The van der Waals surface area contributed by atoms with Crippen LogP contribution in [0.4, 0.5) is 4.79 Å². The maximum absolute atomic E-state index is 11.3. The van der Waals surface area contributed by atoms with Crippen LogP contribution in [0.25, 0.3) is 6.08 Å². The fourth-order valence-electron chi connectivity index (χ4n) is 1.25. The molecule has 1 aliphatic rings. The Kier molecular flexibility index (Phi) is 1.85. The largest absolute Gasteiger partial charge is 0.362 e. The SMILES string of the molecule is CN1C(=O)NC(=O)C1=Cc1ccc[nH]1. The van der Waals surface area contributed by atoms with E-state index in [-0.39, 0.29) is 5.91 Å². The van der Waals surface area contributed by atoms with Crippen LogP contribution in [0, 0.1) is 0 Å². The van der Waals surface area contributed by atoms with Crippen molar-refractivity contribution in [2.45, 2.75) is 0 Å². The maximum atomic E-state index is 11.3. The van der Waals surface area contributed by atoms with Crippen LogP contribution in [0.1, 0.15) is 5.69 Å². The topological polar surface area (TPSA) is 65.2 Å². The Morgan fingerprint density at radius 2 is 2.21 bits per heavy atom. The fraction of sp³-hybridized carbons (Fsp3) is 0.111. The number of carbonyl (C=O) groups is 2. The number of aromatic nitrogens is 1. The minimum absolute atomic E-state index is 0.345. The third-order valence-electron chi connectivity index (χ3n) is 2.03. The molecule has 5 nitrogen and oxygen atoms in total. The zero-order valence-electron chi connectivity index (χ0n) is 7.57. The van der Waals surface area contributed by atoms with Gasteiger partial charge in [0.15, 0.2) is 0 Å². The molecule has 0 saturated carbocycles. The summed E-state index contributed by atoms with van der Waals surface area (Å²) in [5.74, 6) is -0.368. The number of carbonyl (C=O) groups excluding carboxylic acids is 2. The van der Waals surface area contributed by atoms with Gasteiger partial charge in [0.1, 0.15) is 5.70 Å². The third kappa shape index (κ3) is 1.28. The molecule has 1 aliphatic heterocycles. The normalized spacial score (nSPS) is 19.2. The van der Waals surface area contributed by atoms with Crippen LogP contribution < -0.4 is 5.32 Å². The van der Waals surface area contributed by atoms with Crippen LogP contribution in [0.2, 0.25) is 0 Å². The molecule has 72 valence electrons.